The maximum atomic E-state index is 12.8. The summed E-state index contributed by atoms with van der Waals surface area (Å²) >= 11 is 6.05. The van der Waals surface area contributed by atoms with Gasteiger partial charge in [-0.15, -0.1) is 0 Å². The van der Waals surface area contributed by atoms with E-state index in [-0.39, 0.29) is 18.1 Å². The Hall–Kier alpha value is -2.89. The first-order chi connectivity index (χ1) is 14.5. The van der Waals surface area contributed by atoms with Crippen LogP contribution in [0.2, 0.25) is 5.02 Å². The average molecular weight is 422 g/mol. The second kappa shape index (κ2) is 8.86. The largest absolute Gasteiger partial charge is 0.372 e. The molecule has 1 amide bonds. The van der Waals surface area contributed by atoms with Gasteiger partial charge in [0.15, 0.2) is 0 Å². The van der Waals surface area contributed by atoms with E-state index in [9.17, 15) is 4.79 Å². The summed E-state index contributed by atoms with van der Waals surface area (Å²) in [5.41, 5.74) is 3.55. The maximum absolute atomic E-state index is 12.8. The second-order valence-corrected chi connectivity index (χ2v) is 7.99. The van der Waals surface area contributed by atoms with Crippen LogP contribution in [0.4, 0.5) is 0 Å². The number of amides is 1. The number of carbonyl (C=O) groups is 1. The van der Waals surface area contributed by atoms with Crippen molar-refractivity contribution in [2.45, 2.75) is 26.1 Å². The van der Waals surface area contributed by atoms with Gasteiger partial charge in [-0.2, -0.15) is 5.10 Å². The van der Waals surface area contributed by atoms with Gasteiger partial charge in [0.1, 0.15) is 0 Å². The lowest BCUT2D eigenvalue weighted by Crippen LogP contribution is -2.47. The van der Waals surface area contributed by atoms with Crippen molar-refractivity contribution in [1.29, 1.82) is 0 Å². The van der Waals surface area contributed by atoms with Gasteiger partial charge in [0, 0.05) is 41.5 Å². The molecule has 0 spiro atoms. The van der Waals surface area contributed by atoms with E-state index in [2.05, 4.69) is 0 Å². The van der Waals surface area contributed by atoms with Crippen LogP contribution in [0, 0.1) is 0 Å². The molecule has 1 aliphatic heterocycles. The SMILES string of the molecule is CC1CN(C(=O)/C=C/c2cn(-c3ccccc3)nc2-c2ccc(Cl)cc2)CC(C)O1. The number of rotatable bonds is 4. The average Bonchev–Trinajstić information content (AvgIpc) is 3.17. The fourth-order valence-corrected chi connectivity index (χ4v) is 3.80. The number of ether oxygens (including phenoxy) is 1. The molecule has 4 rings (SSSR count). The van der Waals surface area contributed by atoms with Crippen molar-refractivity contribution in [3.63, 3.8) is 0 Å². The smallest absolute Gasteiger partial charge is 0.246 e. The van der Waals surface area contributed by atoms with E-state index in [4.69, 9.17) is 21.4 Å². The molecule has 5 nitrogen and oxygen atoms in total. The molecular formula is C24H24ClN3O2. The van der Waals surface area contributed by atoms with E-state index in [1.54, 1.807) is 6.08 Å². The molecule has 30 heavy (non-hydrogen) atoms. The molecule has 0 aliphatic carbocycles. The summed E-state index contributed by atoms with van der Waals surface area (Å²) in [6.45, 7) is 5.17. The minimum Gasteiger partial charge on any atom is -0.372 e. The summed E-state index contributed by atoms with van der Waals surface area (Å²) in [6.07, 6.45) is 5.47. The molecule has 1 fully saturated rings. The predicted molar refractivity (Wildman–Crippen MR) is 120 cm³/mol. The molecule has 0 bridgehead atoms. The minimum atomic E-state index is -0.0217. The third-order valence-corrected chi connectivity index (χ3v) is 5.27. The Labute approximate surface area is 181 Å². The molecule has 0 radical (unpaired) electrons. The van der Waals surface area contributed by atoms with Gasteiger partial charge >= 0.3 is 0 Å². The summed E-state index contributed by atoms with van der Waals surface area (Å²) in [7, 11) is 0. The number of carbonyl (C=O) groups excluding carboxylic acids is 1. The summed E-state index contributed by atoms with van der Waals surface area (Å²) in [5, 5.41) is 5.44. The molecule has 6 heteroatoms. The van der Waals surface area contributed by atoms with Crippen molar-refractivity contribution >= 4 is 23.6 Å². The van der Waals surface area contributed by atoms with Crippen LogP contribution in [0.15, 0.2) is 66.9 Å². The first kappa shape index (κ1) is 20.4. The first-order valence-corrected chi connectivity index (χ1v) is 10.4. The van der Waals surface area contributed by atoms with Crippen molar-refractivity contribution in [2.75, 3.05) is 13.1 Å². The normalized spacial score (nSPS) is 19.4. The Bertz CT molecular complexity index is 1030. The monoisotopic (exact) mass is 421 g/mol. The molecule has 2 unspecified atom stereocenters. The number of hydrogen-bond donors (Lipinski definition) is 0. The number of hydrogen-bond acceptors (Lipinski definition) is 3. The highest BCUT2D eigenvalue weighted by Crippen LogP contribution is 2.26. The van der Waals surface area contributed by atoms with E-state index >= 15 is 0 Å². The van der Waals surface area contributed by atoms with Crippen LogP contribution in [-0.2, 0) is 9.53 Å². The molecule has 1 saturated heterocycles. The van der Waals surface area contributed by atoms with Gasteiger partial charge < -0.3 is 9.64 Å². The fraction of sp³-hybridized carbons (Fsp3) is 0.250. The number of morpholine rings is 1. The standard InChI is InChI=1S/C24H24ClN3O2/c1-17-14-27(15-18(2)30-17)23(29)13-10-20-16-28(22-6-4-3-5-7-22)26-24(20)19-8-11-21(25)12-9-19/h3-13,16-18H,14-15H2,1-2H3/b13-10+. The summed E-state index contributed by atoms with van der Waals surface area (Å²) in [6, 6.07) is 17.5. The number of benzene rings is 2. The number of aromatic nitrogens is 2. The lowest BCUT2D eigenvalue weighted by molar-refractivity contribution is -0.137. The molecule has 1 aliphatic rings. The molecule has 2 aromatic carbocycles. The van der Waals surface area contributed by atoms with Gasteiger partial charge in [-0.25, -0.2) is 4.68 Å². The van der Waals surface area contributed by atoms with Crippen LogP contribution in [-0.4, -0.2) is 45.9 Å². The predicted octanol–water partition coefficient (Wildman–Crippen LogP) is 4.84. The van der Waals surface area contributed by atoms with E-state index < -0.39 is 0 Å². The van der Waals surface area contributed by atoms with Crippen molar-refractivity contribution in [1.82, 2.24) is 14.7 Å². The van der Waals surface area contributed by atoms with Crippen LogP contribution in [0.1, 0.15) is 19.4 Å². The van der Waals surface area contributed by atoms with Gasteiger partial charge in [-0.3, -0.25) is 4.79 Å². The van der Waals surface area contributed by atoms with E-state index in [1.165, 1.54) is 0 Å². The first-order valence-electron chi connectivity index (χ1n) is 10.0. The zero-order chi connectivity index (χ0) is 21.1. The van der Waals surface area contributed by atoms with Crippen LogP contribution < -0.4 is 0 Å². The highest BCUT2D eigenvalue weighted by Gasteiger charge is 2.24. The zero-order valence-electron chi connectivity index (χ0n) is 17.0. The van der Waals surface area contributed by atoms with Gasteiger partial charge in [0.25, 0.3) is 0 Å². The van der Waals surface area contributed by atoms with Gasteiger partial charge in [0.2, 0.25) is 5.91 Å². The Morgan fingerprint density at radius 1 is 1.07 bits per heavy atom. The molecule has 0 N–H and O–H groups in total. The lowest BCUT2D eigenvalue weighted by Gasteiger charge is -2.34. The summed E-state index contributed by atoms with van der Waals surface area (Å²) in [4.78, 5) is 14.6. The van der Waals surface area contributed by atoms with Crippen LogP contribution in [0.25, 0.3) is 23.0 Å². The minimum absolute atomic E-state index is 0.0217. The number of nitrogens with zero attached hydrogens (tertiary/aromatic N) is 3. The van der Waals surface area contributed by atoms with Gasteiger partial charge in [-0.05, 0) is 44.2 Å². The van der Waals surface area contributed by atoms with Crippen LogP contribution in [0.5, 0.6) is 0 Å². The lowest BCUT2D eigenvalue weighted by atomic mass is 10.1. The molecule has 0 saturated carbocycles. The van der Waals surface area contributed by atoms with Crippen molar-refractivity contribution in [3.05, 3.63) is 77.5 Å². The third-order valence-electron chi connectivity index (χ3n) is 5.02. The third kappa shape index (κ3) is 4.64. The highest BCUT2D eigenvalue weighted by atomic mass is 35.5. The number of para-hydroxylation sites is 1. The summed E-state index contributed by atoms with van der Waals surface area (Å²) in [5.74, 6) is -0.0217. The molecular weight excluding hydrogens is 398 g/mol. The van der Waals surface area contributed by atoms with E-state index in [1.807, 2.05) is 90.3 Å². The summed E-state index contributed by atoms with van der Waals surface area (Å²) < 4.78 is 7.55. The van der Waals surface area contributed by atoms with Crippen molar-refractivity contribution in [2.24, 2.45) is 0 Å². The molecule has 2 heterocycles. The Balaban J connectivity index is 1.65. The molecule has 3 aromatic rings. The Morgan fingerprint density at radius 3 is 2.40 bits per heavy atom. The second-order valence-electron chi connectivity index (χ2n) is 7.55. The molecule has 2 atom stereocenters. The topological polar surface area (TPSA) is 47.4 Å². The van der Waals surface area contributed by atoms with Crippen LogP contribution in [0.3, 0.4) is 0 Å². The highest BCUT2D eigenvalue weighted by molar-refractivity contribution is 6.30. The van der Waals surface area contributed by atoms with Crippen LogP contribution >= 0.6 is 11.6 Å². The zero-order valence-corrected chi connectivity index (χ0v) is 17.8. The van der Waals surface area contributed by atoms with Crippen molar-refractivity contribution < 1.29 is 9.53 Å². The van der Waals surface area contributed by atoms with E-state index in [0.29, 0.717) is 18.1 Å². The van der Waals surface area contributed by atoms with Crippen molar-refractivity contribution in [3.8, 4) is 16.9 Å². The Kier molecular flexibility index (Phi) is 6.02. The van der Waals surface area contributed by atoms with Gasteiger partial charge in [0.05, 0.1) is 23.6 Å². The molecule has 1 aromatic heterocycles. The Morgan fingerprint density at radius 2 is 1.73 bits per heavy atom. The van der Waals surface area contributed by atoms with Gasteiger partial charge in [-0.1, -0.05) is 41.9 Å². The fourth-order valence-electron chi connectivity index (χ4n) is 3.68. The molecule has 154 valence electrons. The quantitative estimate of drug-likeness (QED) is 0.566. The number of halogens is 1. The maximum Gasteiger partial charge on any atom is 0.246 e. The van der Waals surface area contributed by atoms with E-state index in [0.717, 1.165) is 22.5 Å².